The Morgan fingerprint density at radius 1 is 1.29 bits per heavy atom. The number of carbonyl (C=O) groups is 1. The molecule has 1 aromatic carbocycles. The molecule has 0 spiro atoms. The summed E-state index contributed by atoms with van der Waals surface area (Å²) < 4.78 is 0. The molecular weight excluding hydrogens is 306 g/mol. The molecule has 0 fully saturated rings. The Morgan fingerprint density at radius 2 is 2.00 bits per heavy atom. The van der Waals surface area contributed by atoms with Gasteiger partial charge in [-0.25, -0.2) is 0 Å². The normalized spacial score (nSPS) is 10.6. The van der Waals surface area contributed by atoms with E-state index in [-0.39, 0.29) is 12.5 Å². The van der Waals surface area contributed by atoms with Crippen molar-refractivity contribution in [3.05, 3.63) is 40.4 Å². The Morgan fingerprint density at radius 3 is 2.62 bits per heavy atom. The van der Waals surface area contributed by atoms with Crippen molar-refractivity contribution in [2.45, 2.75) is 25.7 Å². The van der Waals surface area contributed by atoms with Gasteiger partial charge in [-0.05, 0) is 17.5 Å². The maximum Gasteiger partial charge on any atom is 0.236 e. The van der Waals surface area contributed by atoms with E-state index in [0.29, 0.717) is 10.9 Å². The van der Waals surface area contributed by atoms with E-state index in [9.17, 15) is 4.79 Å². The minimum atomic E-state index is -0.0641. The molecule has 0 unspecified atom stereocenters. The second-order valence-electron chi connectivity index (χ2n) is 4.37. The van der Waals surface area contributed by atoms with Crippen LogP contribution in [0.5, 0.6) is 0 Å². The van der Waals surface area contributed by atoms with Crippen molar-refractivity contribution in [3.63, 3.8) is 0 Å². The third kappa shape index (κ3) is 5.11. The molecule has 112 valence electrons. The molecule has 2 N–H and O–H groups in total. The van der Waals surface area contributed by atoms with E-state index in [1.807, 2.05) is 31.2 Å². The van der Waals surface area contributed by atoms with Crippen molar-refractivity contribution in [1.82, 2.24) is 10.2 Å². The molecule has 0 bridgehead atoms. The Balaban J connectivity index is 1.73. The van der Waals surface area contributed by atoms with Crippen LogP contribution in [0.4, 0.5) is 5.13 Å². The summed E-state index contributed by atoms with van der Waals surface area (Å²) in [5.41, 5.74) is 2.03. The zero-order valence-corrected chi connectivity index (χ0v) is 13.3. The number of nitrogens with zero attached hydrogens (tertiary/aromatic N) is 2. The fraction of sp³-hybridized carbons (Fsp3) is 0.357. The molecule has 2 aromatic rings. The predicted octanol–water partition coefficient (Wildman–Crippen LogP) is 2.46. The summed E-state index contributed by atoms with van der Waals surface area (Å²) >= 11 is 2.95. The number of amides is 1. The average Bonchev–Trinajstić information content (AvgIpc) is 2.95. The number of aromatic nitrogens is 2. The van der Waals surface area contributed by atoms with Crippen molar-refractivity contribution in [1.29, 1.82) is 0 Å². The number of anilines is 1. The maximum atomic E-state index is 11.8. The van der Waals surface area contributed by atoms with Crippen molar-refractivity contribution in [3.8, 4) is 0 Å². The zero-order chi connectivity index (χ0) is 15.1. The van der Waals surface area contributed by atoms with Crippen molar-refractivity contribution >= 4 is 34.1 Å². The Kier molecular flexibility index (Phi) is 6.16. The maximum absolute atomic E-state index is 11.8. The smallest absolute Gasteiger partial charge is 0.236 e. The van der Waals surface area contributed by atoms with Gasteiger partial charge in [0.05, 0.1) is 12.4 Å². The molecule has 1 aromatic heterocycles. The number of nitrogens with one attached hydrogen (secondary N) is 1. The number of aliphatic hydroxyl groups excluding tert-OH is 1. The first-order chi connectivity index (χ1) is 10.2. The van der Waals surface area contributed by atoms with Crippen LogP contribution in [0.2, 0.25) is 0 Å². The van der Waals surface area contributed by atoms with Gasteiger partial charge in [0.2, 0.25) is 11.0 Å². The number of thioether (sulfide) groups is 1. The van der Waals surface area contributed by atoms with E-state index < -0.39 is 0 Å². The third-order valence-corrected chi connectivity index (χ3v) is 4.71. The number of hydrogen-bond acceptors (Lipinski definition) is 6. The monoisotopic (exact) mass is 323 g/mol. The number of carbonyl (C=O) groups excluding carboxylic acids is 1. The molecule has 7 heteroatoms. The lowest BCUT2D eigenvalue weighted by Crippen LogP contribution is -2.14. The number of rotatable bonds is 7. The minimum Gasteiger partial charge on any atom is -0.392 e. The summed E-state index contributed by atoms with van der Waals surface area (Å²) in [6.07, 6.45) is 0.826. The van der Waals surface area contributed by atoms with E-state index in [2.05, 4.69) is 15.5 Å². The highest BCUT2D eigenvalue weighted by molar-refractivity contribution is 7.99. The molecule has 21 heavy (non-hydrogen) atoms. The summed E-state index contributed by atoms with van der Waals surface area (Å²) in [4.78, 5) is 11.8. The molecule has 2 rings (SSSR count). The molecule has 1 heterocycles. The van der Waals surface area contributed by atoms with Crippen molar-refractivity contribution in [2.24, 2.45) is 0 Å². The van der Waals surface area contributed by atoms with Crippen LogP contribution in [0.25, 0.3) is 0 Å². The van der Waals surface area contributed by atoms with Crippen LogP contribution in [0.1, 0.15) is 23.1 Å². The molecule has 0 aliphatic heterocycles. The SMILES string of the molecule is CCc1nnc(NC(=O)CSCc2ccc(CO)cc2)s1. The van der Waals surface area contributed by atoms with Crippen molar-refractivity contribution < 1.29 is 9.90 Å². The number of aliphatic hydroxyl groups is 1. The Hall–Kier alpha value is -1.44. The number of hydrogen-bond donors (Lipinski definition) is 2. The number of aryl methyl sites for hydroxylation is 1. The lowest BCUT2D eigenvalue weighted by Gasteiger charge is -2.03. The molecule has 0 aliphatic rings. The van der Waals surface area contributed by atoms with Gasteiger partial charge in [0.25, 0.3) is 0 Å². The lowest BCUT2D eigenvalue weighted by atomic mass is 10.2. The molecule has 0 radical (unpaired) electrons. The Bertz CT molecular complexity index is 584. The fourth-order valence-electron chi connectivity index (χ4n) is 1.60. The van der Waals surface area contributed by atoms with E-state index in [1.165, 1.54) is 11.3 Å². The molecule has 0 saturated carbocycles. The van der Waals surface area contributed by atoms with Gasteiger partial charge in [0, 0.05) is 5.75 Å². The molecule has 5 nitrogen and oxygen atoms in total. The van der Waals surface area contributed by atoms with Crippen molar-refractivity contribution in [2.75, 3.05) is 11.1 Å². The largest absolute Gasteiger partial charge is 0.392 e. The van der Waals surface area contributed by atoms with Crippen LogP contribution in [0, 0.1) is 0 Å². The summed E-state index contributed by atoms with van der Waals surface area (Å²) in [5.74, 6) is 1.07. The van der Waals surface area contributed by atoms with Crippen LogP contribution < -0.4 is 5.32 Å². The average molecular weight is 323 g/mol. The molecule has 0 saturated heterocycles. The third-order valence-electron chi connectivity index (χ3n) is 2.72. The highest BCUT2D eigenvalue weighted by Crippen LogP contribution is 2.17. The van der Waals surface area contributed by atoms with Crippen LogP contribution in [0.15, 0.2) is 24.3 Å². The second-order valence-corrected chi connectivity index (χ2v) is 6.42. The van der Waals surface area contributed by atoms with Crippen LogP contribution in [-0.2, 0) is 23.6 Å². The van der Waals surface area contributed by atoms with Crippen LogP contribution >= 0.6 is 23.1 Å². The zero-order valence-electron chi connectivity index (χ0n) is 11.7. The standard InChI is InChI=1S/C14H17N3O2S2/c1-2-13-16-17-14(21-13)15-12(19)9-20-8-11-5-3-10(7-18)4-6-11/h3-6,18H,2,7-9H2,1H3,(H,15,17,19). The number of benzene rings is 1. The van der Waals surface area contributed by atoms with Gasteiger partial charge in [-0.1, -0.05) is 42.5 Å². The van der Waals surface area contributed by atoms with Gasteiger partial charge in [-0.2, -0.15) is 0 Å². The highest BCUT2D eigenvalue weighted by atomic mass is 32.2. The highest BCUT2D eigenvalue weighted by Gasteiger charge is 2.07. The predicted molar refractivity (Wildman–Crippen MR) is 86.4 cm³/mol. The summed E-state index contributed by atoms with van der Waals surface area (Å²) in [6, 6.07) is 7.72. The summed E-state index contributed by atoms with van der Waals surface area (Å²) in [7, 11) is 0. The van der Waals surface area contributed by atoms with Gasteiger partial charge in [-0.15, -0.1) is 22.0 Å². The molecule has 0 aliphatic carbocycles. The van der Waals surface area contributed by atoms with E-state index in [0.717, 1.165) is 28.3 Å². The molecule has 0 atom stereocenters. The first-order valence-electron chi connectivity index (χ1n) is 6.60. The molecular formula is C14H17N3O2S2. The summed E-state index contributed by atoms with van der Waals surface area (Å²) in [5, 5.41) is 21.1. The van der Waals surface area contributed by atoms with E-state index >= 15 is 0 Å². The van der Waals surface area contributed by atoms with Gasteiger partial charge >= 0.3 is 0 Å². The first-order valence-corrected chi connectivity index (χ1v) is 8.57. The quantitative estimate of drug-likeness (QED) is 0.819. The van der Waals surface area contributed by atoms with Gasteiger partial charge < -0.3 is 5.11 Å². The van der Waals surface area contributed by atoms with Crippen LogP contribution in [-0.4, -0.2) is 27.0 Å². The topological polar surface area (TPSA) is 75.1 Å². The molecule has 1 amide bonds. The Labute approximate surface area is 131 Å². The first kappa shape index (κ1) is 15.9. The lowest BCUT2D eigenvalue weighted by molar-refractivity contribution is -0.113. The van der Waals surface area contributed by atoms with Gasteiger partial charge in [-0.3, -0.25) is 10.1 Å². The van der Waals surface area contributed by atoms with E-state index in [4.69, 9.17) is 5.11 Å². The minimum absolute atomic E-state index is 0.0530. The second kappa shape index (κ2) is 8.11. The van der Waals surface area contributed by atoms with E-state index in [1.54, 1.807) is 11.8 Å². The van der Waals surface area contributed by atoms with Gasteiger partial charge in [0.1, 0.15) is 5.01 Å². The van der Waals surface area contributed by atoms with Crippen LogP contribution in [0.3, 0.4) is 0 Å². The van der Waals surface area contributed by atoms with Gasteiger partial charge in [0.15, 0.2) is 0 Å². The fourth-order valence-corrected chi connectivity index (χ4v) is 3.09. The summed E-state index contributed by atoms with van der Waals surface area (Å²) in [6.45, 7) is 2.06.